The summed E-state index contributed by atoms with van der Waals surface area (Å²) in [6, 6.07) is 8.69. The number of thiazole rings is 1. The summed E-state index contributed by atoms with van der Waals surface area (Å²) in [6.07, 6.45) is 1.85. The average molecular weight is 262 g/mol. The second kappa shape index (κ2) is 6.64. The third-order valence-corrected chi connectivity index (χ3v) is 3.57. The monoisotopic (exact) mass is 262 g/mol. The molecular weight excluding hydrogens is 244 g/mol. The molecule has 1 N–H and O–H groups in total. The zero-order valence-corrected chi connectivity index (χ0v) is 11.5. The minimum absolute atomic E-state index is 0.153. The molecule has 0 spiro atoms. The molecule has 0 amide bonds. The van der Waals surface area contributed by atoms with E-state index in [1.807, 2.05) is 11.6 Å². The number of aryl methyl sites for hydroxylation is 1. The van der Waals surface area contributed by atoms with Crippen LogP contribution < -0.4 is 5.32 Å². The van der Waals surface area contributed by atoms with Crippen LogP contribution in [0.4, 0.5) is 0 Å². The van der Waals surface area contributed by atoms with Gasteiger partial charge in [0.1, 0.15) is 5.01 Å². The van der Waals surface area contributed by atoms with Gasteiger partial charge in [-0.1, -0.05) is 29.8 Å². The van der Waals surface area contributed by atoms with Crippen LogP contribution in [0.15, 0.2) is 35.8 Å². The third-order valence-electron chi connectivity index (χ3n) is 2.73. The lowest BCUT2D eigenvalue weighted by Gasteiger charge is -2.17. The first kappa shape index (κ1) is 13.2. The summed E-state index contributed by atoms with van der Waals surface area (Å²) in [5.74, 6) is 0. The number of methoxy groups -OCH3 is 1. The predicted molar refractivity (Wildman–Crippen MR) is 75.0 cm³/mol. The SMILES string of the molecule is COCCNC(c1cccc(C)c1)c1nccs1. The molecule has 1 aromatic carbocycles. The van der Waals surface area contributed by atoms with E-state index < -0.39 is 0 Å². The fraction of sp³-hybridized carbons (Fsp3) is 0.357. The number of nitrogens with zero attached hydrogens (tertiary/aromatic N) is 1. The van der Waals surface area contributed by atoms with E-state index in [1.54, 1.807) is 18.4 Å². The molecule has 0 aliphatic rings. The predicted octanol–water partition coefficient (Wildman–Crippen LogP) is 2.78. The molecule has 1 atom stereocenters. The second-order valence-corrected chi connectivity index (χ2v) is 5.09. The van der Waals surface area contributed by atoms with Crippen molar-refractivity contribution in [2.24, 2.45) is 0 Å². The van der Waals surface area contributed by atoms with Gasteiger partial charge in [-0.25, -0.2) is 4.98 Å². The zero-order valence-electron chi connectivity index (χ0n) is 10.7. The molecule has 0 aliphatic carbocycles. The molecule has 1 aromatic heterocycles. The quantitative estimate of drug-likeness (QED) is 0.813. The van der Waals surface area contributed by atoms with E-state index in [0.29, 0.717) is 6.61 Å². The zero-order chi connectivity index (χ0) is 12.8. The van der Waals surface area contributed by atoms with Gasteiger partial charge in [0.15, 0.2) is 0 Å². The van der Waals surface area contributed by atoms with Crippen LogP contribution in [0.2, 0.25) is 0 Å². The van der Waals surface area contributed by atoms with Crippen LogP contribution in [0.5, 0.6) is 0 Å². The highest BCUT2D eigenvalue weighted by Crippen LogP contribution is 2.24. The highest BCUT2D eigenvalue weighted by atomic mass is 32.1. The van der Waals surface area contributed by atoms with E-state index in [1.165, 1.54) is 11.1 Å². The molecule has 4 heteroatoms. The van der Waals surface area contributed by atoms with Crippen molar-refractivity contribution in [3.05, 3.63) is 52.0 Å². The van der Waals surface area contributed by atoms with Gasteiger partial charge >= 0.3 is 0 Å². The van der Waals surface area contributed by atoms with Gasteiger partial charge in [0.05, 0.1) is 12.6 Å². The van der Waals surface area contributed by atoms with Gasteiger partial charge in [-0.2, -0.15) is 0 Å². The molecule has 0 bridgehead atoms. The van der Waals surface area contributed by atoms with Gasteiger partial charge in [0, 0.05) is 25.2 Å². The van der Waals surface area contributed by atoms with Crippen molar-refractivity contribution in [2.75, 3.05) is 20.3 Å². The maximum Gasteiger partial charge on any atom is 0.114 e. The summed E-state index contributed by atoms with van der Waals surface area (Å²) >= 11 is 1.68. The standard InChI is InChI=1S/C14H18N2OS/c1-11-4-3-5-12(10-11)13(15-6-8-17-2)14-16-7-9-18-14/h3-5,7,9-10,13,15H,6,8H2,1-2H3. The van der Waals surface area contributed by atoms with Gasteiger partial charge in [-0.3, -0.25) is 0 Å². The maximum atomic E-state index is 5.09. The maximum absolute atomic E-state index is 5.09. The first-order chi connectivity index (χ1) is 8.81. The van der Waals surface area contributed by atoms with E-state index in [4.69, 9.17) is 4.74 Å². The lowest BCUT2D eigenvalue weighted by Crippen LogP contribution is -2.25. The molecule has 0 fully saturated rings. The number of hydrogen-bond acceptors (Lipinski definition) is 4. The van der Waals surface area contributed by atoms with E-state index in [9.17, 15) is 0 Å². The number of aromatic nitrogens is 1. The smallest absolute Gasteiger partial charge is 0.114 e. The van der Waals surface area contributed by atoms with Crippen molar-refractivity contribution in [1.82, 2.24) is 10.3 Å². The summed E-state index contributed by atoms with van der Waals surface area (Å²) in [6.45, 7) is 3.62. The Bertz CT molecular complexity index is 470. The second-order valence-electron chi connectivity index (χ2n) is 4.16. The van der Waals surface area contributed by atoms with Gasteiger partial charge in [0.2, 0.25) is 0 Å². The van der Waals surface area contributed by atoms with Crippen LogP contribution in [0.25, 0.3) is 0 Å². The molecule has 3 nitrogen and oxygen atoms in total. The number of benzene rings is 1. The Balaban J connectivity index is 2.19. The first-order valence-electron chi connectivity index (χ1n) is 5.99. The molecule has 2 aromatic rings. The van der Waals surface area contributed by atoms with E-state index in [2.05, 4.69) is 41.5 Å². The summed E-state index contributed by atoms with van der Waals surface area (Å²) in [5, 5.41) is 6.59. The number of ether oxygens (including phenoxy) is 1. The molecule has 96 valence electrons. The van der Waals surface area contributed by atoms with Crippen molar-refractivity contribution in [2.45, 2.75) is 13.0 Å². The van der Waals surface area contributed by atoms with Crippen LogP contribution >= 0.6 is 11.3 Å². The molecule has 1 heterocycles. The van der Waals surface area contributed by atoms with Gasteiger partial charge in [0.25, 0.3) is 0 Å². The molecule has 0 saturated heterocycles. The highest BCUT2D eigenvalue weighted by Gasteiger charge is 2.15. The van der Waals surface area contributed by atoms with Crippen LogP contribution in [0.1, 0.15) is 22.2 Å². The van der Waals surface area contributed by atoms with Crippen LogP contribution in [-0.2, 0) is 4.74 Å². The molecule has 0 saturated carbocycles. The summed E-state index contributed by atoms with van der Waals surface area (Å²) < 4.78 is 5.09. The van der Waals surface area contributed by atoms with E-state index in [-0.39, 0.29) is 6.04 Å². The first-order valence-corrected chi connectivity index (χ1v) is 6.87. The molecular formula is C14H18N2OS. The molecule has 2 rings (SSSR count). The summed E-state index contributed by atoms with van der Waals surface area (Å²) in [4.78, 5) is 4.42. The number of hydrogen-bond donors (Lipinski definition) is 1. The van der Waals surface area contributed by atoms with Crippen molar-refractivity contribution in [3.63, 3.8) is 0 Å². The van der Waals surface area contributed by atoms with Crippen LogP contribution in [0.3, 0.4) is 0 Å². The lowest BCUT2D eigenvalue weighted by atomic mass is 10.0. The summed E-state index contributed by atoms with van der Waals surface area (Å²) in [7, 11) is 1.72. The van der Waals surface area contributed by atoms with Gasteiger partial charge < -0.3 is 10.1 Å². The van der Waals surface area contributed by atoms with E-state index >= 15 is 0 Å². The number of nitrogens with one attached hydrogen (secondary N) is 1. The summed E-state index contributed by atoms with van der Waals surface area (Å²) in [5.41, 5.74) is 2.52. The van der Waals surface area contributed by atoms with Gasteiger partial charge in [-0.05, 0) is 12.5 Å². The molecule has 0 aliphatic heterocycles. The van der Waals surface area contributed by atoms with Crippen LogP contribution in [-0.4, -0.2) is 25.2 Å². The fourth-order valence-corrected chi connectivity index (χ4v) is 2.62. The van der Waals surface area contributed by atoms with E-state index in [0.717, 1.165) is 11.6 Å². The average Bonchev–Trinajstić information content (AvgIpc) is 2.88. The Labute approximate surface area is 112 Å². The minimum atomic E-state index is 0.153. The molecule has 1 unspecified atom stereocenters. The van der Waals surface area contributed by atoms with Crippen molar-refractivity contribution in [1.29, 1.82) is 0 Å². The Morgan fingerprint density at radius 1 is 1.44 bits per heavy atom. The number of rotatable bonds is 6. The largest absolute Gasteiger partial charge is 0.383 e. The molecule has 18 heavy (non-hydrogen) atoms. The highest BCUT2D eigenvalue weighted by molar-refractivity contribution is 7.09. The normalized spacial score (nSPS) is 12.6. The Morgan fingerprint density at radius 2 is 2.33 bits per heavy atom. The fourth-order valence-electron chi connectivity index (χ4n) is 1.88. The molecule has 0 radical (unpaired) electrons. The third kappa shape index (κ3) is 3.38. The van der Waals surface area contributed by atoms with Crippen LogP contribution in [0, 0.1) is 6.92 Å². The Morgan fingerprint density at radius 3 is 3.00 bits per heavy atom. The Hall–Kier alpha value is -1.23. The topological polar surface area (TPSA) is 34.1 Å². The van der Waals surface area contributed by atoms with Gasteiger partial charge in [-0.15, -0.1) is 11.3 Å². The lowest BCUT2D eigenvalue weighted by molar-refractivity contribution is 0.197. The minimum Gasteiger partial charge on any atom is -0.383 e. The van der Waals surface area contributed by atoms with Crippen molar-refractivity contribution >= 4 is 11.3 Å². The van der Waals surface area contributed by atoms with Crippen molar-refractivity contribution in [3.8, 4) is 0 Å². The Kier molecular flexibility index (Phi) is 4.87. The van der Waals surface area contributed by atoms with Crippen molar-refractivity contribution < 1.29 is 4.74 Å².